The fraction of sp³-hybridized carbons (Fsp3) is 0.389. The average molecular weight is 338 g/mol. The molecule has 0 saturated carbocycles. The molecular formula is C18H22N6O. The zero-order chi connectivity index (χ0) is 17.1. The molecule has 1 fully saturated rings. The van der Waals surface area contributed by atoms with Crippen LogP contribution < -0.4 is 15.4 Å². The normalized spacial score (nSPS) is 20.3. The van der Waals surface area contributed by atoms with Gasteiger partial charge in [-0.2, -0.15) is 0 Å². The lowest BCUT2D eigenvalue weighted by molar-refractivity contribution is 0.241. The third-order valence-corrected chi connectivity index (χ3v) is 4.61. The first-order valence-electron chi connectivity index (χ1n) is 8.61. The van der Waals surface area contributed by atoms with Crippen molar-refractivity contribution in [3.05, 3.63) is 48.3 Å². The number of guanidine groups is 1. The molecule has 1 saturated heterocycles. The number of aliphatic imine (C=N–C) groups is 1. The zero-order valence-corrected chi connectivity index (χ0v) is 14.1. The third-order valence-electron chi connectivity index (χ3n) is 4.61. The number of aromatic nitrogens is 2. The number of nitrogens with two attached hydrogens (primary N) is 1. The van der Waals surface area contributed by atoms with E-state index in [1.807, 2.05) is 24.3 Å². The second-order valence-corrected chi connectivity index (χ2v) is 6.27. The van der Waals surface area contributed by atoms with E-state index in [-0.39, 0.29) is 6.10 Å². The minimum absolute atomic E-state index is 0.0787. The van der Waals surface area contributed by atoms with Crippen molar-refractivity contribution in [2.75, 3.05) is 37.6 Å². The van der Waals surface area contributed by atoms with Gasteiger partial charge >= 0.3 is 0 Å². The standard InChI is InChI=1S/C18H22N6O/c19-17(22-13-15-12-14-4-1-2-5-16(14)25-15)23-8-10-24(11-9-23)18-20-6-3-7-21-18/h1-7,15H,8-13H2,(H2,19,22). The number of benzene rings is 1. The van der Waals surface area contributed by atoms with Crippen molar-refractivity contribution in [2.45, 2.75) is 12.5 Å². The van der Waals surface area contributed by atoms with Crippen molar-refractivity contribution >= 4 is 11.9 Å². The Morgan fingerprint density at radius 1 is 1.12 bits per heavy atom. The van der Waals surface area contributed by atoms with Gasteiger partial charge < -0.3 is 20.3 Å². The van der Waals surface area contributed by atoms with E-state index in [0.717, 1.165) is 44.3 Å². The first-order chi connectivity index (χ1) is 12.3. The van der Waals surface area contributed by atoms with E-state index in [4.69, 9.17) is 10.5 Å². The van der Waals surface area contributed by atoms with Crippen molar-refractivity contribution in [3.8, 4) is 5.75 Å². The van der Waals surface area contributed by atoms with E-state index in [0.29, 0.717) is 12.5 Å². The van der Waals surface area contributed by atoms with Gasteiger partial charge in [-0.05, 0) is 17.7 Å². The van der Waals surface area contributed by atoms with E-state index in [2.05, 4.69) is 30.8 Å². The molecule has 2 aliphatic heterocycles. The van der Waals surface area contributed by atoms with Crippen molar-refractivity contribution in [3.63, 3.8) is 0 Å². The van der Waals surface area contributed by atoms with Crippen LogP contribution in [0.25, 0.3) is 0 Å². The summed E-state index contributed by atoms with van der Waals surface area (Å²) in [4.78, 5) is 17.4. The van der Waals surface area contributed by atoms with Gasteiger partial charge in [0.25, 0.3) is 0 Å². The average Bonchev–Trinajstić information content (AvgIpc) is 3.10. The number of para-hydroxylation sites is 1. The van der Waals surface area contributed by atoms with E-state index in [1.54, 1.807) is 12.4 Å². The number of fused-ring (bicyclic) bond motifs is 1. The van der Waals surface area contributed by atoms with Crippen LogP contribution >= 0.6 is 0 Å². The molecule has 2 aromatic rings. The van der Waals surface area contributed by atoms with Crippen LogP contribution in [-0.2, 0) is 6.42 Å². The summed E-state index contributed by atoms with van der Waals surface area (Å²) in [6.45, 7) is 3.90. The quantitative estimate of drug-likeness (QED) is 0.662. The molecule has 3 heterocycles. The van der Waals surface area contributed by atoms with E-state index < -0.39 is 0 Å². The summed E-state index contributed by atoms with van der Waals surface area (Å²) in [7, 11) is 0. The molecule has 0 spiro atoms. The Kier molecular flexibility index (Phi) is 4.37. The molecule has 0 radical (unpaired) electrons. The minimum Gasteiger partial charge on any atom is -0.488 e. The van der Waals surface area contributed by atoms with Gasteiger partial charge in [0, 0.05) is 45.0 Å². The Morgan fingerprint density at radius 2 is 1.88 bits per heavy atom. The Labute approximate surface area is 147 Å². The van der Waals surface area contributed by atoms with E-state index in [1.165, 1.54) is 5.56 Å². The molecule has 0 aliphatic carbocycles. The predicted molar refractivity (Wildman–Crippen MR) is 96.9 cm³/mol. The number of hydrogen-bond donors (Lipinski definition) is 1. The summed E-state index contributed by atoms with van der Waals surface area (Å²) in [5.74, 6) is 2.33. The highest BCUT2D eigenvalue weighted by molar-refractivity contribution is 5.78. The molecule has 7 nitrogen and oxygen atoms in total. The summed E-state index contributed by atoms with van der Waals surface area (Å²) in [6.07, 6.45) is 4.51. The highest BCUT2D eigenvalue weighted by Crippen LogP contribution is 2.28. The van der Waals surface area contributed by atoms with Gasteiger partial charge in [0.2, 0.25) is 5.95 Å². The summed E-state index contributed by atoms with van der Waals surface area (Å²) in [5, 5.41) is 0. The van der Waals surface area contributed by atoms with E-state index in [9.17, 15) is 0 Å². The van der Waals surface area contributed by atoms with E-state index >= 15 is 0 Å². The highest BCUT2D eigenvalue weighted by Gasteiger charge is 2.23. The van der Waals surface area contributed by atoms with Crippen LogP contribution in [-0.4, -0.2) is 59.7 Å². The Bertz CT molecular complexity index is 717. The second kappa shape index (κ2) is 6.96. The number of piperazine rings is 1. The van der Waals surface area contributed by atoms with Crippen LogP contribution in [0, 0.1) is 0 Å². The van der Waals surface area contributed by atoms with Crippen molar-refractivity contribution in [1.29, 1.82) is 0 Å². The molecule has 4 rings (SSSR count). The van der Waals surface area contributed by atoms with Crippen LogP contribution in [0.3, 0.4) is 0 Å². The molecule has 0 bridgehead atoms. The minimum atomic E-state index is 0.0787. The van der Waals surface area contributed by atoms with Crippen LogP contribution in [0.4, 0.5) is 5.95 Å². The number of rotatable bonds is 3. The Balaban J connectivity index is 1.29. The molecule has 2 aliphatic rings. The first-order valence-corrected chi connectivity index (χ1v) is 8.61. The third kappa shape index (κ3) is 3.50. The summed E-state index contributed by atoms with van der Waals surface area (Å²) < 4.78 is 5.91. The number of hydrogen-bond acceptors (Lipinski definition) is 5. The molecule has 25 heavy (non-hydrogen) atoms. The number of ether oxygens (including phenoxy) is 1. The van der Waals surface area contributed by atoms with Crippen molar-refractivity contribution in [2.24, 2.45) is 10.7 Å². The monoisotopic (exact) mass is 338 g/mol. The fourth-order valence-corrected chi connectivity index (χ4v) is 3.24. The van der Waals surface area contributed by atoms with Crippen molar-refractivity contribution < 1.29 is 4.74 Å². The molecule has 1 unspecified atom stereocenters. The van der Waals surface area contributed by atoms with Gasteiger partial charge in [0.1, 0.15) is 11.9 Å². The van der Waals surface area contributed by atoms with Gasteiger partial charge in [0.15, 0.2) is 5.96 Å². The smallest absolute Gasteiger partial charge is 0.225 e. The van der Waals surface area contributed by atoms with Crippen LogP contribution in [0.15, 0.2) is 47.7 Å². The SMILES string of the molecule is NC(=NCC1Cc2ccccc2O1)N1CCN(c2ncccn2)CC1. The lowest BCUT2D eigenvalue weighted by Gasteiger charge is -2.35. The summed E-state index contributed by atoms with van der Waals surface area (Å²) >= 11 is 0. The van der Waals surface area contributed by atoms with Gasteiger partial charge in [0.05, 0.1) is 6.54 Å². The van der Waals surface area contributed by atoms with Gasteiger partial charge in [-0.1, -0.05) is 18.2 Å². The number of anilines is 1. The van der Waals surface area contributed by atoms with Crippen LogP contribution in [0.2, 0.25) is 0 Å². The molecule has 1 aromatic carbocycles. The molecule has 130 valence electrons. The van der Waals surface area contributed by atoms with Gasteiger partial charge in [-0.3, -0.25) is 0 Å². The maximum atomic E-state index is 6.19. The molecular weight excluding hydrogens is 316 g/mol. The molecule has 0 amide bonds. The Morgan fingerprint density at radius 3 is 2.64 bits per heavy atom. The fourth-order valence-electron chi connectivity index (χ4n) is 3.24. The van der Waals surface area contributed by atoms with Crippen molar-refractivity contribution in [1.82, 2.24) is 14.9 Å². The topological polar surface area (TPSA) is 79.9 Å². The molecule has 1 aromatic heterocycles. The lowest BCUT2D eigenvalue weighted by atomic mass is 10.1. The molecule has 2 N–H and O–H groups in total. The largest absolute Gasteiger partial charge is 0.488 e. The van der Waals surface area contributed by atoms with Crippen LogP contribution in [0.5, 0.6) is 5.75 Å². The molecule has 7 heteroatoms. The maximum absolute atomic E-state index is 6.19. The molecule has 1 atom stereocenters. The predicted octanol–water partition coefficient (Wildman–Crippen LogP) is 0.917. The lowest BCUT2D eigenvalue weighted by Crippen LogP contribution is -2.51. The zero-order valence-electron chi connectivity index (χ0n) is 14.1. The number of nitrogens with zero attached hydrogens (tertiary/aromatic N) is 5. The van der Waals surface area contributed by atoms with Gasteiger partial charge in [-0.25, -0.2) is 15.0 Å². The Hall–Kier alpha value is -2.83. The first kappa shape index (κ1) is 15.7. The van der Waals surface area contributed by atoms with Gasteiger partial charge in [-0.15, -0.1) is 0 Å². The van der Waals surface area contributed by atoms with Crippen LogP contribution in [0.1, 0.15) is 5.56 Å². The summed E-state index contributed by atoms with van der Waals surface area (Å²) in [6, 6.07) is 9.97. The maximum Gasteiger partial charge on any atom is 0.225 e. The summed E-state index contributed by atoms with van der Waals surface area (Å²) in [5.41, 5.74) is 7.43. The highest BCUT2D eigenvalue weighted by atomic mass is 16.5. The second-order valence-electron chi connectivity index (χ2n) is 6.27.